The van der Waals surface area contributed by atoms with Gasteiger partial charge in [-0.3, -0.25) is 4.79 Å². The summed E-state index contributed by atoms with van der Waals surface area (Å²) < 4.78 is 0. The Morgan fingerprint density at radius 2 is 2.26 bits per heavy atom. The fourth-order valence-corrected chi connectivity index (χ4v) is 3.53. The molecule has 0 aliphatic rings. The van der Waals surface area contributed by atoms with E-state index < -0.39 is 0 Å². The van der Waals surface area contributed by atoms with Crippen molar-refractivity contribution in [3.63, 3.8) is 0 Å². The van der Waals surface area contributed by atoms with Crippen molar-refractivity contribution in [2.45, 2.75) is 33.1 Å². The Kier molecular flexibility index (Phi) is 4.71. The molecule has 0 unspecified atom stereocenters. The summed E-state index contributed by atoms with van der Waals surface area (Å²) >= 11 is 3.20. The zero-order chi connectivity index (χ0) is 13.8. The van der Waals surface area contributed by atoms with Crippen LogP contribution in [-0.4, -0.2) is 17.4 Å². The summed E-state index contributed by atoms with van der Waals surface area (Å²) in [6.45, 7) is 6.75. The second kappa shape index (κ2) is 6.30. The molecule has 1 amide bonds. The first-order valence-corrected chi connectivity index (χ1v) is 8.05. The predicted molar refractivity (Wildman–Crippen MR) is 81.3 cm³/mol. The maximum atomic E-state index is 12.2. The minimum atomic E-state index is 0.00542. The van der Waals surface area contributed by atoms with Gasteiger partial charge in [-0.25, -0.2) is 4.98 Å². The van der Waals surface area contributed by atoms with Crippen LogP contribution >= 0.6 is 22.7 Å². The van der Waals surface area contributed by atoms with E-state index in [2.05, 4.69) is 35.6 Å². The fraction of sp³-hybridized carbons (Fsp3) is 0.429. The third kappa shape index (κ3) is 3.64. The Morgan fingerprint density at radius 3 is 2.89 bits per heavy atom. The Hall–Kier alpha value is -1.20. The number of carbonyl (C=O) groups is 1. The highest BCUT2D eigenvalue weighted by atomic mass is 32.1. The lowest BCUT2D eigenvalue weighted by Crippen LogP contribution is -2.25. The largest absolute Gasteiger partial charge is 0.351 e. The van der Waals surface area contributed by atoms with E-state index in [0.29, 0.717) is 6.54 Å². The van der Waals surface area contributed by atoms with Crippen molar-refractivity contribution in [3.8, 4) is 0 Å². The van der Waals surface area contributed by atoms with Crippen LogP contribution in [0.1, 0.15) is 45.0 Å². The molecule has 5 heteroatoms. The number of aryl methyl sites for hydroxylation is 1. The molecular weight excluding hydrogens is 276 g/mol. The van der Waals surface area contributed by atoms with E-state index in [1.54, 1.807) is 11.3 Å². The predicted octanol–water partition coefficient (Wildman–Crippen LogP) is 3.61. The molecule has 2 aromatic heterocycles. The first-order valence-electron chi connectivity index (χ1n) is 6.36. The molecule has 19 heavy (non-hydrogen) atoms. The van der Waals surface area contributed by atoms with E-state index in [4.69, 9.17) is 0 Å². The van der Waals surface area contributed by atoms with Gasteiger partial charge < -0.3 is 5.32 Å². The first-order chi connectivity index (χ1) is 9.08. The highest BCUT2D eigenvalue weighted by Crippen LogP contribution is 2.24. The third-order valence-corrected chi connectivity index (χ3v) is 4.67. The Labute approximate surface area is 121 Å². The van der Waals surface area contributed by atoms with Crippen LogP contribution in [0.15, 0.2) is 17.5 Å². The molecule has 0 saturated carbocycles. The zero-order valence-corrected chi connectivity index (χ0v) is 13.0. The molecular formula is C14H18N2OS2. The van der Waals surface area contributed by atoms with Gasteiger partial charge in [0.25, 0.3) is 5.91 Å². The van der Waals surface area contributed by atoms with Crippen LogP contribution in [0.25, 0.3) is 0 Å². The standard InChI is InChI=1S/C14H18N2OS2/c1-9(2)12-13(19-10(3)16-12)14(17)15-7-6-11-5-4-8-18-11/h4-5,8-9H,6-7H2,1-3H3,(H,15,17). The number of nitrogens with zero attached hydrogens (tertiary/aromatic N) is 1. The average Bonchev–Trinajstić information content (AvgIpc) is 2.98. The van der Waals surface area contributed by atoms with E-state index in [0.717, 1.165) is 22.0 Å². The molecule has 0 atom stereocenters. The molecule has 2 rings (SSSR count). The topological polar surface area (TPSA) is 42.0 Å². The maximum absolute atomic E-state index is 12.2. The number of rotatable bonds is 5. The van der Waals surface area contributed by atoms with Gasteiger partial charge >= 0.3 is 0 Å². The zero-order valence-electron chi connectivity index (χ0n) is 11.4. The van der Waals surface area contributed by atoms with Gasteiger partial charge in [-0.1, -0.05) is 19.9 Å². The number of amides is 1. The number of carbonyl (C=O) groups excluding carboxylic acids is 1. The number of thiazole rings is 1. The van der Waals surface area contributed by atoms with Crippen molar-refractivity contribution in [1.82, 2.24) is 10.3 Å². The lowest BCUT2D eigenvalue weighted by molar-refractivity contribution is 0.0957. The summed E-state index contributed by atoms with van der Waals surface area (Å²) in [5.74, 6) is 0.286. The van der Waals surface area contributed by atoms with E-state index in [9.17, 15) is 4.79 Å². The molecule has 0 bridgehead atoms. The molecule has 0 fully saturated rings. The molecule has 0 aliphatic heterocycles. The summed E-state index contributed by atoms with van der Waals surface area (Å²) in [5.41, 5.74) is 0.913. The van der Waals surface area contributed by atoms with Crippen molar-refractivity contribution in [2.24, 2.45) is 0 Å². The normalized spacial score (nSPS) is 10.9. The molecule has 3 nitrogen and oxygen atoms in total. The van der Waals surface area contributed by atoms with Crippen molar-refractivity contribution < 1.29 is 4.79 Å². The summed E-state index contributed by atoms with van der Waals surface area (Å²) in [5, 5.41) is 5.99. The van der Waals surface area contributed by atoms with Gasteiger partial charge in [0.1, 0.15) is 4.88 Å². The van der Waals surface area contributed by atoms with Gasteiger partial charge in [0.2, 0.25) is 0 Å². The Balaban J connectivity index is 1.96. The summed E-state index contributed by atoms with van der Waals surface area (Å²) in [6, 6.07) is 4.12. The van der Waals surface area contributed by atoms with Crippen molar-refractivity contribution >= 4 is 28.6 Å². The van der Waals surface area contributed by atoms with Gasteiger partial charge in [-0.2, -0.15) is 0 Å². The Morgan fingerprint density at radius 1 is 1.47 bits per heavy atom. The number of hydrogen-bond acceptors (Lipinski definition) is 4. The highest BCUT2D eigenvalue weighted by Gasteiger charge is 2.18. The van der Waals surface area contributed by atoms with E-state index >= 15 is 0 Å². The second-order valence-electron chi connectivity index (χ2n) is 4.69. The van der Waals surface area contributed by atoms with Crippen molar-refractivity contribution in [3.05, 3.63) is 38.0 Å². The molecule has 2 heterocycles. The molecule has 2 aromatic rings. The molecule has 0 radical (unpaired) electrons. The van der Waals surface area contributed by atoms with Crippen LogP contribution in [0.3, 0.4) is 0 Å². The monoisotopic (exact) mass is 294 g/mol. The number of thiophene rings is 1. The molecule has 0 aromatic carbocycles. The van der Waals surface area contributed by atoms with Gasteiger partial charge in [0, 0.05) is 11.4 Å². The van der Waals surface area contributed by atoms with Crippen LogP contribution < -0.4 is 5.32 Å². The van der Waals surface area contributed by atoms with Crippen LogP contribution in [0, 0.1) is 6.92 Å². The number of aromatic nitrogens is 1. The number of hydrogen-bond donors (Lipinski definition) is 1. The number of nitrogens with one attached hydrogen (secondary N) is 1. The van der Waals surface area contributed by atoms with Crippen molar-refractivity contribution in [1.29, 1.82) is 0 Å². The Bertz CT molecular complexity index is 544. The van der Waals surface area contributed by atoms with Gasteiger partial charge in [-0.05, 0) is 30.7 Å². The highest BCUT2D eigenvalue weighted by molar-refractivity contribution is 7.13. The maximum Gasteiger partial charge on any atom is 0.263 e. The minimum Gasteiger partial charge on any atom is -0.351 e. The SMILES string of the molecule is Cc1nc(C(C)C)c(C(=O)NCCc2cccs2)s1. The van der Waals surface area contributed by atoms with E-state index in [1.807, 2.05) is 13.0 Å². The average molecular weight is 294 g/mol. The second-order valence-corrected chi connectivity index (χ2v) is 6.92. The molecule has 0 aliphatic carbocycles. The van der Waals surface area contributed by atoms with Crippen LogP contribution in [0.4, 0.5) is 0 Å². The van der Waals surface area contributed by atoms with Gasteiger partial charge in [0.15, 0.2) is 0 Å². The van der Waals surface area contributed by atoms with Gasteiger partial charge in [0.05, 0.1) is 10.7 Å². The molecule has 1 N–H and O–H groups in total. The summed E-state index contributed by atoms with van der Waals surface area (Å²) in [7, 11) is 0. The third-order valence-electron chi connectivity index (χ3n) is 2.75. The van der Waals surface area contributed by atoms with Gasteiger partial charge in [-0.15, -0.1) is 22.7 Å². The molecule has 0 spiro atoms. The molecule has 0 saturated heterocycles. The minimum absolute atomic E-state index is 0.00542. The van der Waals surface area contributed by atoms with Crippen molar-refractivity contribution in [2.75, 3.05) is 6.54 Å². The van der Waals surface area contributed by atoms with Crippen LogP contribution in [-0.2, 0) is 6.42 Å². The van der Waals surface area contributed by atoms with E-state index in [1.165, 1.54) is 16.2 Å². The lowest BCUT2D eigenvalue weighted by Gasteiger charge is -2.06. The summed E-state index contributed by atoms with van der Waals surface area (Å²) in [4.78, 5) is 18.7. The first kappa shape index (κ1) is 14.2. The van der Waals surface area contributed by atoms with Crippen LogP contribution in [0.2, 0.25) is 0 Å². The summed E-state index contributed by atoms with van der Waals surface area (Å²) in [6.07, 6.45) is 0.887. The smallest absolute Gasteiger partial charge is 0.263 e. The van der Waals surface area contributed by atoms with Crippen LogP contribution in [0.5, 0.6) is 0 Å². The fourth-order valence-electron chi connectivity index (χ4n) is 1.83. The van der Waals surface area contributed by atoms with E-state index in [-0.39, 0.29) is 11.8 Å². The lowest BCUT2D eigenvalue weighted by atomic mass is 10.1. The molecule has 102 valence electrons. The quantitative estimate of drug-likeness (QED) is 0.915.